The van der Waals surface area contributed by atoms with Gasteiger partial charge in [-0.3, -0.25) is 14.4 Å². The van der Waals surface area contributed by atoms with Crippen molar-refractivity contribution in [2.45, 2.75) is 36.2 Å². The molecule has 0 aromatic heterocycles. The monoisotopic (exact) mass is 515 g/mol. The number of phenols is 3. The number of fused-ring (bicyclic) bond motifs is 7. The number of nitrogens with one attached hydrogen (secondary N) is 1. The molecule has 0 spiro atoms. The number of carbonyl (C=O) groups excluding carboxylic acids is 3. The highest BCUT2D eigenvalue weighted by atomic mass is 16.4. The Morgan fingerprint density at radius 1 is 0.789 bits per heavy atom. The van der Waals surface area contributed by atoms with Gasteiger partial charge in [0.2, 0.25) is 11.6 Å². The van der Waals surface area contributed by atoms with Crippen LogP contribution in [0.3, 0.4) is 0 Å². The Morgan fingerprint density at radius 3 is 1.97 bits per heavy atom. The number of carbonyl (C=O) groups is 3. The maximum Gasteiger partial charge on any atom is 0.202 e. The van der Waals surface area contributed by atoms with Crippen molar-refractivity contribution in [1.29, 1.82) is 0 Å². The molecule has 4 aliphatic rings. The number of aliphatic hydroxyl groups excluding tert-OH is 1. The van der Waals surface area contributed by atoms with Gasteiger partial charge in [-0.15, -0.1) is 0 Å². The van der Waals surface area contributed by atoms with E-state index in [0.717, 1.165) is 18.2 Å². The Morgan fingerprint density at radius 2 is 1.34 bits per heavy atom. The number of benzene rings is 3. The molecule has 0 saturated heterocycles. The number of Topliss-reactive ketones (excluding diaryl/α,β-unsaturated/α-hetero) is 1. The van der Waals surface area contributed by atoms with Crippen LogP contribution in [0.5, 0.6) is 17.2 Å². The molecule has 3 aromatic rings. The van der Waals surface area contributed by atoms with Gasteiger partial charge in [0.05, 0.1) is 45.8 Å². The Labute approximate surface area is 214 Å². The number of ketones is 3. The first-order valence-electron chi connectivity index (χ1n) is 12.0. The zero-order valence-electron chi connectivity index (χ0n) is 19.8. The number of hydrogen-bond donors (Lipinski definition) is 7. The van der Waals surface area contributed by atoms with Crippen molar-refractivity contribution in [3.05, 3.63) is 81.4 Å². The lowest BCUT2D eigenvalue weighted by atomic mass is 9.47. The number of rotatable bonds is 0. The number of hydrogen-bond acceptors (Lipinski definition) is 10. The molecule has 10 heteroatoms. The molecule has 1 fully saturated rings. The summed E-state index contributed by atoms with van der Waals surface area (Å²) in [7, 11) is 0. The molecule has 6 atom stereocenters. The third-order valence-corrected chi connectivity index (χ3v) is 8.91. The van der Waals surface area contributed by atoms with Crippen molar-refractivity contribution in [1.82, 2.24) is 0 Å². The van der Waals surface area contributed by atoms with E-state index < -0.39 is 86.5 Å². The number of anilines is 1. The average molecular weight is 515 g/mol. The molecule has 3 aromatic carbocycles. The zero-order valence-corrected chi connectivity index (χ0v) is 19.8. The van der Waals surface area contributed by atoms with Crippen molar-refractivity contribution in [3.63, 3.8) is 0 Å². The summed E-state index contributed by atoms with van der Waals surface area (Å²) in [6.45, 7) is 1.39. The molecule has 192 valence electrons. The van der Waals surface area contributed by atoms with Crippen LogP contribution < -0.4 is 5.32 Å². The van der Waals surface area contributed by atoms with E-state index in [4.69, 9.17) is 0 Å². The van der Waals surface area contributed by atoms with Crippen LogP contribution in [0.4, 0.5) is 5.69 Å². The fourth-order valence-electron chi connectivity index (χ4n) is 7.19. The molecule has 1 heterocycles. The second kappa shape index (κ2) is 6.79. The van der Waals surface area contributed by atoms with Crippen LogP contribution in [0.25, 0.3) is 0 Å². The quantitative estimate of drug-likeness (QED) is 0.169. The Hall–Kier alpha value is -4.25. The minimum Gasteiger partial charge on any atom is -0.507 e. The number of aromatic hydroxyl groups is 3. The predicted octanol–water partition coefficient (Wildman–Crippen LogP) is 1.34. The average Bonchev–Trinajstić information content (AvgIpc) is 2.88. The molecule has 4 bridgehead atoms. The fourth-order valence-corrected chi connectivity index (χ4v) is 7.19. The minimum atomic E-state index is -2.38. The summed E-state index contributed by atoms with van der Waals surface area (Å²) < 4.78 is 0. The lowest BCUT2D eigenvalue weighted by molar-refractivity contribution is -0.246. The summed E-state index contributed by atoms with van der Waals surface area (Å²) >= 11 is 0. The lowest BCUT2D eigenvalue weighted by Gasteiger charge is -2.64. The standard InChI is InChI=1S/C28H21NO9/c1-9-22(33)25(36)20-10-4-2-3-5-11(10)26-27(9,37)28(20,38)12-8-15(32)18-19(21(12)29-26)24(35)17-14(31)7-6-13(30)16(17)23(18)34/h2-9,20,25-26,29-32,36-38H,1H3/t9-,20+,25+,26-,27-,28-/m0/s1. The van der Waals surface area contributed by atoms with Crippen LogP contribution in [0, 0.1) is 5.92 Å². The molecule has 3 aliphatic carbocycles. The number of aliphatic hydroxyl groups is 3. The van der Waals surface area contributed by atoms with Crippen molar-refractivity contribution in [2.75, 3.05) is 5.32 Å². The van der Waals surface area contributed by atoms with Crippen LogP contribution in [0.15, 0.2) is 42.5 Å². The molecular weight excluding hydrogens is 494 g/mol. The largest absolute Gasteiger partial charge is 0.507 e. The molecule has 10 nitrogen and oxygen atoms in total. The second-order valence-electron chi connectivity index (χ2n) is 10.4. The summed E-state index contributed by atoms with van der Waals surface area (Å²) in [6, 6.07) is 8.64. The Bertz CT molecular complexity index is 1680. The Balaban J connectivity index is 1.60. The van der Waals surface area contributed by atoms with Crippen LogP contribution >= 0.6 is 0 Å². The highest BCUT2D eigenvalue weighted by molar-refractivity contribution is 6.33. The summed E-state index contributed by atoms with van der Waals surface area (Å²) in [5.41, 5.74) is -5.74. The molecule has 1 saturated carbocycles. The van der Waals surface area contributed by atoms with Crippen molar-refractivity contribution in [2.24, 2.45) is 5.92 Å². The molecule has 0 radical (unpaired) electrons. The van der Waals surface area contributed by atoms with E-state index in [9.17, 15) is 45.0 Å². The van der Waals surface area contributed by atoms with Gasteiger partial charge in [0.15, 0.2) is 5.78 Å². The van der Waals surface area contributed by atoms with Crippen LogP contribution in [-0.2, 0) is 10.4 Å². The van der Waals surface area contributed by atoms with E-state index in [2.05, 4.69) is 5.32 Å². The summed E-state index contributed by atoms with van der Waals surface area (Å²) in [6.07, 6.45) is -1.72. The topological polar surface area (TPSA) is 185 Å². The van der Waals surface area contributed by atoms with Crippen LogP contribution in [-0.4, -0.2) is 59.7 Å². The highest BCUT2D eigenvalue weighted by Gasteiger charge is 2.74. The highest BCUT2D eigenvalue weighted by Crippen LogP contribution is 2.67. The lowest BCUT2D eigenvalue weighted by Crippen LogP contribution is -2.75. The van der Waals surface area contributed by atoms with Gasteiger partial charge in [-0.25, -0.2) is 0 Å². The molecule has 1 aliphatic heterocycles. The summed E-state index contributed by atoms with van der Waals surface area (Å²) in [5.74, 6) is -6.96. The predicted molar refractivity (Wildman–Crippen MR) is 129 cm³/mol. The maximum atomic E-state index is 13.8. The summed E-state index contributed by atoms with van der Waals surface area (Å²) in [4.78, 5) is 40.4. The van der Waals surface area contributed by atoms with Crippen LogP contribution in [0.2, 0.25) is 0 Å². The Kier molecular flexibility index (Phi) is 4.09. The maximum absolute atomic E-state index is 13.8. The van der Waals surface area contributed by atoms with Gasteiger partial charge < -0.3 is 36.0 Å². The molecule has 38 heavy (non-hydrogen) atoms. The van der Waals surface area contributed by atoms with E-state index in [0.29, 0.717) is 11.1 Å². The van der Waals surface area contributed by atoms with Gasteiger partial charge in [-0.1, -0.05) is 31.2 Å². The minimum absolute atomic E-state index is 0.0880. The molecule has 0 amide bonds. The van der Waals surface area contributed by atoms with Crippen LogP contribution in [0.1, 0.15) is 67.4 Å². The van der Waals surface area contributed by atoms with E-state index >= 15 is 0 Å². The van der Waals surface area contributed by atoms with Gasteiger partial charge in [-0.05, 0) is 29.3 Å². The van der Waals surface area contributed by atoms with E-state index in [1.54, 1.807) is 24.3 Å². The van der Waals surface area contributed by atoms with Gasteiger partial charge in [-0.2, -0.15) is 0 Å². The zero-order chi connectivity index (χ0) is 27.0. The smallest absolute Gasteiger partial charge is 0.202 e. The molecule has 0 unspecified atom stereocenters. The summed E-state index contributed by atoms with van der Waals surface area (Å²) in [5, 5.41) is 70.7. The molecule has 7 rings (SSSR count). The van der Waals surface area contributed by atoms with Crippen molar-refractivity contribution < 1.29 is 45.0 Å². The first kappa shape index (κ1) is 22.9. The van der Waals surface area contributed by atoms with E-state index in [1.165, 1.54) is 6.92 Å². The molecule has 7 N–H and O–H groups in total. The van der Waals surface area contributed by atoms with Crippen molar-refractivity contribution >= 4 is 23.0 Å². The second-order valence-corrected chi connectivity index (χ2v) is 10.4. The van der Waals surface area contributed by atoms with Gasteiger partial charge >= 0.3 is 0 Å². The van der Waals surface area contributed by atoms with Crippen molar-refractivity contribution in [3.8, 4) is 17.2 Å². The third-order valence-electron chi connectivity index (χ3n) is 8.91. The van der Waals surface area contributed by atoms with Gasteiger partial charge in [0.25, 0.3) is 0 Å². The first-order valence-corrected chi connectivity index (χ1v) is 12.0. The van der Waals surface area contributed by atoms with E-state index in [-0.39, 0.29) is 16.8 Å². The first-order chi connectivity index (χ1) is 18.0. The normalized spacial score (nSPS) is 32.1. The van der Waals surface area contributed by atoms with Gasteiger partial charge in [0.1, 0.15) is 34.6 Å². The number of phenolic OH excluding ortho intramolecular Hbond substituents is 3. The van der Waals surface area contributed by atoms with Gasteiger partial charge in [0, 0.05) is 5.56 Å². The SMILES string of the molecule is C[C@H]1C(=O)[C@H](O)[C@H]2c3ccccc3[C@@H]3Nc4c(cc(O)c5c4C(=O)c4c(O)ccc(O)c4C5=O)[C@@]2(O)[C@]13O. The van der Waals surface area contributed by atoms with E-state index in [1.807, 2.05) is 0 Å². The molecular formula is C28H21NO9. The fraction of sp³-hybridized carbons (Fsp3) is 0.250. The third kappa shape index (κ3) is 2.20.